The molecule has 9 nitrogen and oxygen atoms in total. The summed E-state index contributed by atoms with van der Waals surface area (Å²) >= 11 is 25.9. The second-order valence-corrected chi connectivity index (χ2v) is 14.5. The van der Waals surface area contributed by atoms with E-state index in [0.717, 1.165) is 24.1 Å². The third-order valence-electron chi connectivity index (χ3n) is 6.05. The summed E-state index contributed by atoms with van der Waals surface area (Å²) in [4.78, 5) is 7.08. The van der Waals surface area contributed by atoms with Crippen LogP contribution in [0.3, 0.4) is 0 Å². The van der Waals surface area contributed by atoms with E-state index < -0.39 is 19.3 Å². The average Bonchev–Trinajstić information content (AvgIpc) is 3.31. The summed E-state index contributed by atoms with van der Waals surface area (Å²) in [5.41, 5.74) is 0.837. The van der Waals surface area contributed by atoms with Crippen LogP contribution in [0.1, 0.15) is 32.6 Å². The summed E-state index contributed by atoms with van der Waals surface area (Å²) < 4.78 is 12.8. The van der Waals surface area contributed by atoms with E-state index >= 15 is 4.39 Å². The van der Waals surface area contributed by atoms with Crippen molar-refractivity contribution in [1.82, 2.24) is 35.4 Å². The van der Waals surface area contributed by atoms with Crippen LogP contribution in [0.2, 0.25) is 0 Å². The number of hydrogen-bond donors (Lipinski definition) is 7. The Labute approximate surface area is 240 Å². The number of nitrogens with zero attached hydrogens (tertiary/aromatic N) is 8. The Morgan fingerprint density at radius 2 is 1.83 bits per heavy atom. The molecule has 0 saturated heterocycles. The van der Waals surface area contributed by atoms with Crippen LogP contribution >= 0.6 is 75.8 Å². The Bertz CT molecular complexity index is 1200. The maximum Gasteiger partial charge on any atom is 0.213 e. The standard InChI is InChI=1S/C20H25FN8OS6/c1-2-10-4-3-5-13(16(10)21)28(19(31,32)33)15-9-22-18(24-23-15)12-7-6-11(8-14(12)30)17-25-27-29(26-17)20(34,35)36/h6-10,13,16,30-36H,2-5H2,1H3/t10-,13+,16-/m1/s1. The third-order valence-corrected chi connectivity index (χ3v) is 7.23. The molecule has 0 bridgehead atoms. The van der Waals surface area contributed by atoms with Crippen molar-refractivity contribution in [3.05, 3.63) is 24.4 Å². The van der Waals surface area contributed by atoms with E-state index in [0.29, 0.717) is 17.5 Å². The summed E-state index contributed by atoms with van der Waals surface area (Å²) in [5.74, 6) is 0.538. The van der Waals surface area contributed by atoms with Crippen molar-refractivity contribution >= 4 is 81.6 Å². The summed E-state index contributed by atoms with van der Waals surface area (Å²) in [7, 11) is 0. The molecule has 2 heterocycles. The molecule has 0 unspecified atom stereocenters. The maximum absolute atomic E-state index is 15.3. The second kappa shape index (κ2) is 11.0. The van der Waals surface area contributed by atoms with Crippen molar-refractivity contribution < 1.29 is 9.50 Å². The molecule has 2 aromatic heterocycles. The Kier molecular flexibility index (Phi) is 8.51. The van der Waals surface area contributed by atoms with Gasteiger partial charge in [0.25, 0.3) is 0 Å². The normalized spacial score (nSPS) is 20.9. The van der Waals surface area contributed by atoms with Crippen molar-refractivity contribution in [3.63, 3.8) is 0 Å². The summed E-state index contributed by atoms with van der Waals surface area (Å²) in [5, 5.41) is 31.0. The number of benzene rings is 1. The molecule has 1 N–H and O–H groups in total. The van der Waals surface area contributed by atoms with Crippen LogP contribution < -0.4 is 4.90 Å². The van der Waals surface area contributed by atoms with Gasteiger partial charge in [0, 0.05) is 5.56 Å². The lowest BCUT2D eigenvalue weighted by Crippen LogP contribution is -2.53. The molecule has 16 heteroatoms. The summed E-state index contributed by atoms with van der Waals surface area (Å²) in [6.45, 7) is 1.99. The largest absolute Gasteiger partial charge is 0.507 e. The number of phenolic OH excluding ortho intramolecular Hbond substituents is 1. The first-order valence-corrected chi connectivity index (χ1v) is 13.7. The van der Waals surface area contributed by atoms with Gasteiger partial charge in [-0.05, 0) is 36.1 Å². The van der Waals surface area contributed by atoms with Crippen LogP contribution in [-0.4, -0.2) is 56.2 Å². The molecule has 0 spiro atoms. The van der Waals surface area contributed by atoms with E-state index in [9.17, 15) is 5.11 Å². The van der Waals surface area contributed by atoms with Crippen LogP contribution in [0.4, 0.5) is 10.2 Å². The Morgan fingerprint density at radius 3 is 2.39 bits per heavy atom. The topological polar surface area (TPSA) is 106 Å². The lowest BCUT2D eigenvalue weighted by atomic mass is 9.82. The van der Waals surface area contributed by atoms with Gasteiger partial charge in [0.2, 0.25) is 9.36 Å². The number of hydrogen-bond acceptors (Lipinski definition) is 14. The number of phenols is 1. The SMILES string of the molecule is CC[C@@H]1CCC[C@H](N(c2cnc(-c3ccc(-c4nnn(C(S)(S)S)n4)cc3O)nn2)C(S)(S)S)[C@@H]1F. The third kappa shape index (κ3) is 5.98. The van der Waals surface area contributed by atoms with Gasteiger partial charge in [-0.15, -0.1) is 101 Å². The van der Waals surface area contributed by atoms with E-state index in [2.05, 4.69) is 106 Å². The van der Waals surface area contributed by atoms with Gasteiger partial charge in [0.15, 0.2) is 15.2 Å². The van der Waals surface area contributed by atoms with Crippen LogP contribution in [0.5, 0.6) is 5.75 Å². The predicted molar refractivity (Wildman–Crippen MR) is 157 cm³/mol. The maximum atomic E-state index is 15.3. The minimum absolute atomic E-state index is 0.0555. The fourth-order valence-corrected chi connectivity index (χ4v) is 5.29. The number of halogens is 1. The van der Waals surface area contributed by atoms with Crippen molar-refractivity contribution in [1.29, 1.82) is 0 Å². The number of anilines is 1. The number of aromatic nitrogens is 7. The first kappa shape index (κ1) is 28.0. The second-order valence-electron chi connectivity index (χ2n) is 8.46. The molecule has 3 atom stereocenters. The summed E-state index contributed by atoms with van der Waals surface area (Å²) in [6.07, 6.45) is 3.44. The number of thiol groups is 6. The highest BCUT2D eigenvalue weighted by molar-refractivity contribution is 8.17. The van der Waals surface area contributed by atoms with Gasteiger partial charge in [0.1, 0.15) is 11.9 Å². The van der Waals surface area contributed by atoms with Gasteiger partial charge in [-0.25, -0.2) is 9.37 Å². The molecule has 1 saturated carbocycles. The number of aromatic hydroxyl groups is 1. The molecule has 0 amide bonds. The molecule has 0 radical (unpaired) electrons. The molecule has 1 fully saturated rings. The lowest BCUT2D eigenvalue weighted by molar-refractivity contribution is 0.132. The van der Waals surface area contributed by atoms with Crippen molar-refractivity contribution in [2.75, 3.05) is 4.90 Å². The Balaban J connectivity index is 1.60. The highest BCUT2D eigenvalue weighted by atomic mass is 32.2. The van der Waals surface area contributed by atoms with Crippen molar-refractivity contribution in [2.45, 2.75) is 51.9 Å². The zero-order valence-electron chi connectivity index (χ0n) is 19.0. The average molecular weight is 605 g/mol. The molecule has 4 rings (SSSR count). The number of alkyl halides is 1. The molecule has 1 aliphatic rings. The van der Waals surface area contributed by atoms with Crippen LogP contribution in [0.15, 0.2) is 24.4 Å². The number of rotatable bonds is 7. The number of tetrazole rings is 1. The van der Waals surface area contributed by atoms with Crippen molar-refractivity contribution in [3.8, 4) is 28.5 Å². The first-order valence-electron chi connectivity index (χ1n) is 11.0. The van der Waals surface area contributed by atoms with E-state index in [-0.39, 0.29) is 29.1 Å². The quantitative estimate of drug-likeness (QED) is 0.158. The van der Waals surface area contributed by atoms with Gasteiger partial charge in [-0.2, -0.15) is 0 Å². The van der Waals surface area contributed by atoms with Gasteiger partial charge >= 0.3 is 0 Å². The van der Waals surface area contributed by atoms with Crippen molar-refractivity contribution in [2.24, 2.45) is 5.92 Å². The van der Waals surface area contributed by atoms with E-state index in [1.807, 2.05) is 6.92 Å². The predicted octanol–water partition coefficient (Wildman–Crippen LogP) is 4.38. The molecule has 3 aromatic rings. The van der Waals surface area contributed by atoms with E-state index in [4.69, 9.17) is 0 Å². The minimum Gasteiger partial charge on any atom is -0.507 e. The highest BCUT2D eigenvalue weighted by Crippen LogP contribution is 2.42. The summed E-state index contributed by atoms with van der Waals surface area (Å²) in [6, 6.07) is 4.23. The molecular weight excluding hydrogens is 580 g/mol. The monoisotopic (exact) mass is 604 g/mol. The minimum atomic E-state index is -1.29. The molecular formula is C20H25FN8OS6. The Morgan fingerprint density at radius 1 is 1.08 bits per heavy atom. The van der Waals surface area contributed by atoms with Gasteiger partial charge < -0.3 is 10.0 Å². The Hall–Kier alpha value is -1.07. The highest BCUT2D eigenvalue weighted by Gasteiger charge is 2.42. The van der Waals surface area contributed by atoms with E-state index in [1.54, 1.807) is 17.0 Å². The van der Waals surface area contributed by atoms with Crippen LogP contribution in [0.25, 0.3) is 22.8 Å². The molecule has 36 heavy (non-hydrogen) atoms. The fourth-order valence-electron chi connectivity index (χ4n) is 4.29. The van der Waals surface area contributed by atoms with Crippen LogP contribution in [-0.2, 0) is 3.54 Å². The van der Waals surface area contributed by atoms with Gasteiger partial charge in [-0.3, -0.25) is 0 Å². The van der Waals surface area contributed by atoms with Gasteiger partial charge in [0.05, 0.1) is 17.8 Å². The zero-order valence-corrected chi connectivity index (χ0v) is 24.3. The zero-order chi connectivity index (χ0) is 26.3. The van der Waals surface area contributed by atoms with E-state index in [1.165, 1.54) is 12.3 Å². The molecule has 1 aromatic carbocycles. The molecule has 194 valence electrons. The smallest absolute Gasteiger partial charge is 0.213 e. The molecule has 1 aliphatic carbocycles. The van der Waals surface area contributed by atoms with Gasteiger partial charge in [-0.1, -0.05) is 25.8 Å². The fraction of sp³-hybridized carbons (Fsp3) is 0.500. The lowest BCUT2D eigenvalue weighted by Gasteiger charge is -2.45. The van der Waals surface area contributed by atoms with Crippen LogP contribution in [0, 0.1) is 5.92 Å². The first-order chi connectivity index (χ1) is 16.9. The molecule has 0 aliphatic heterocycles.